The fraction of sp³-hybridized carbons (Fsp3) is 0.263. The quantitative estimate of drug-likeness (QED) is 0.912. The summed E-state index contributed by atoms with van der Waals surface area (Å²) >= 11 is 0. The molecule has 2 heteroatoms. The van der Waals surface area contributed by atoms with Gasteiger partial charge in [0.25, 0.3) is 0 Å². The number of benzene rings is 2. The highest BCUT2D eigenvalue weighted by molar-refractivity contribution is 5.54. The van der Waals surface area contributed by atoms with Crippen molar-refractivity contribution in [3.8, 4) is 5.75 Å². The van der Waals surface area contributed by atoms with Gasteiger partial charge in [0.05, 0.1) is 0 Å². The van der Waals surface area contributed by atoms with E-state index in [0.29, 0.717) is 6.61 Å². The highest BCUT2D eigenvalue weighted by atomic mass is 16.5. The maximum atomic E-state index is 5.80. The molecule has 21 heavy (non-hydrogen) atoms. The van der Waals surface area contributed by atoms with Crippen molar-refractivity contribution in [1.29, 1.82) is 0 Å². The van der Waals surface area contributed by atoms with Crippen molar-refractivity contribution in [3.05, 3.63) is 71.3 Å². The van der Waals surface area contributed by atoms with Gasteiger partial charge >= 0.3 is 0 Å². The maximum Gasteiger partial charge on any atom is 0.119 e. The number of ether oxygens (including phenoxy) is 1. The Hall–Kier alpha value is -2.06. The normalized spacial score (nSPS) is 16.9. The molecule has 0 aliphatic carbocycles. The zero-order chi connectivity index (χ0) is 14.3. The van der Waals surface area contributed by atoms with Crippen LogP contribution in [0.25, 0.3) is 6.08 Å². The van der Waals surface area contributed by atoms with Crippen molar-refractivity contribution in [1.82, 2.24) is 5.32 Å². The van der Waals surface area contributed by atoms with Crippen molar-refractivity contribution in [2.75, 3.05) is 13.1 Å². The molecular weight excluding hydrogens is 258 g/mol. The average molecular weight is 279 g/mol. The SMILES string of the molecule is C(=C1/CCCNC1)/c1ccc(OCc2ccccc2)cc1. The lowest BCUT2D eigenvalue weighted by molar-refractivity contribution is 0.306. The summed E-state index contributed by atoms with van der Waals surface area (Å²) in [6.45, 7) is 2.78. The van der Waals surface area contributed by atoms with Crippen LogP contribution < -0.4 is 10.1 Å². The van der Waals surface area contributed by atoms with Crippen LogP contribution in [-0.2, 0) is 6.61 Å². The van der Waals surface area contributed by atoms with Gasteiger partial charge in [0.15, 0.2) is 0 Å². The summed E-state index contributed by atoms with van der Waals surface area (Å²) < 4.78 is 5.80. The molecule has 1 N–H and O–H groups in total. The lowest BCUT2D eigenvalue weighted by Crippen LogP contribution is -2.23. The zero-order valence-corrected chi connectivity index (χ0v) is 12.2. The summed E-state index contributed by atoms with van der Waals surface area (Å²) in [6.07, 6.45) is 4.73. The van der Waals surface area contributed by atoms with Crippen molar-refractivity contribution in [2.24, 2.45) is 0 Å². The van der Waals surface area contributed by atoms with Crippen molar-refractivity contribution < 1.29 is 4.74 Å². The molecule has 1 heterocycles. The molecule has 1 fully saturated rings. The van der Waals surface area contributed by atoms with Gasteiger partial charge in [-0.2, -0.15) is 0 Å². The van der Waals surface area contributed by atoms with Crippen LogP contribution in [0.15, 0.2) is 60.2 Å². The number of hydrogen-bond acceptors (Lipinski definition) is 2. The molecule has 1 aliphatic rings. The molecule has 108 valence electrons. The Bertz CT molecular complexity index is 579. The van der Waals surface area contributed by atoms with E-state index in [2.05, 4.69) is 35.7 Å². The highest BCUT2D eigenvalue weighted by Crippen LogP contribution is 2.18. The van der Waals surface area contributed by atoms with Crippen LogP contribution in [0.4, 0.5) is 0 Å². The Morgan fingerprint density at radius 2 is 1.81 bits per heavy atom. The van der Waals surface area contributed by atoms with Gasteiger partial charge < -0.3 is 10.1 Å². The second-order valence-corrected chi connectivity index (χ2v) is 5.43. The molecule has 0 unspecified atom stereocenters. The first-order valence-electron chi connectivity index (χ1n) is 7.57. The van der Waals surface area contributed by atoms with E-state index < -0.39 is 0 Å². The largest absolute Gasteiger partial charge is 0.489 e. The van der Waals surface area contributed by atoms with Crippen LogP contribution >= 0.6 is 0 Å². The molecule has 2 aromatic carbocycles. The first-order valence-corrected chi connectivity index (χ1v) is 7.57. The lowest BCUT2D eigenvalue weighted by atomic mass is 10.0. The van der Waals surface area contributed by atoms with Crippen LogP contribution in [0, 0.1) is 0 Å². The summed E-state index contributed by atoms with van der Waals surface area (Å²) in [4.78, 5) is 0. The van der Waals surface area contributed by atoms with Gasteiger partial charge in [0.2, 0.25) is 0 Å². The molecule has 0 aromatic heterocycles. The maximum absolute atomic E-state index is 5.80. The third-order valence-electron chi connectivity index (χ3n) is 3.70. The fourth-order valence-corrected chi connectivity index (χ4v) is 2.54. The molecule has 2 aromatic rings. The van der Waals surface area contributed by atoms with Crippen LogP contribution in [0.2, 0.25) is 0 Å². The topological polar surface area (TPSA) is 21.3 Å². The van der Waals surface area contributed by atoms with Crippen molar-refractivity contribution in [3.63, 3.8) is 0 Å². The van der Waals surface area contributed by atoms with Gasteiger partial charge in [-0.3, -0.25) is 0 Å². The minimum atomic E-state index is 0.616. The minimum absolute atomic E-state index is 0.616. The molecule has 1 aliphatic heterocycles. The number of hydrogen-bond donors (Lipinski definition) is 1. The van der Waals surface area contributed by atoms with E-state index in [1.54, 1.807) is 0 Å². The summed E-state index contributed by atoms with van der Waals surface area (Å²) in [6, 6.07) is 18.6. The minimum Gasteiger partial charge on any atom is -0.489 e. The van der Waals surface area contributed by atoms with Crippen LogP contribution in [0.1, 0.15) is 24.0 Å². The van der Waals surface area contributed by atoms with Crippen LogP contribution in [-0.4, -0.2) is 13.1 Å². The standard InChI is InChI=1S/C19H21NO/c1-2-5-17(6-3-1)15-21-19-10-8-16(9-11-19)13-18-7-4-12-20-14-18/h1-3,5-6,8-11,13,20H,4,7,12,14-15H2/b18-13+. The van der Waals surface area contributed by atoms with Gasteiger partial charge in [-0.25, -0.2) is 0 Å². The molecule has 0 bridgehead atoms. The lowest BCUT2D eigenvalue weighted by Gasteiger charge is -2.15. The molecule has 2 nitrogen and oxygen atoms in total. The van der Waals surface area contributed by atoms with E-state index in [1.165, 1.54) is 29.5 Å². The predicted octanol–water partition coefficient (Wildman–Crippen LogP) is 4.03. The Balaban J connectivity index is 1.59. The highest BCUT2D eigenvalue weighted by Gasteiger charge is 2.04. The summed E-state index contributed by atoms with van der Waals surface area (Å²) in [7, 11) is 0. The first-order chi connectivity index (χ1) is 10.4. The average Bonchev–Trinajstić information content (AvgIpc) is 2.56. The molecule has 1 saturated heterocycles. The van der Waals surface area contributed by atoms with Crippen molar-refractivity contribution >= 4 is 6.08 Å². The van der Waals surface area contributed by atoms with E-state index in [1.807, 2.05) is 30.3 Å². The third kappa shape index (κ3) is 4.20. The smallest absolute Gasteiger partial charge is 0.119 e. The molecule has 3 rings (SSSR count). The summed E-state index contributed by atoms with van der Waals surface area (Å²) in [5.74, 6) is 0.919. The van der Waals surface area contributed by atoms with Gasteiger partial charge in [-0.05, 0) is 42.6 Å². The zero-order valence-electron chi connectivity index (χ0n) is 12.2. The number of piperidine rings is 1. The molecular formula is C19H21NO. The Kier molecular flexibility index (Phi) is 4.70. The van der Waals surface area contributed by atoms with Gasteiger partial charge in [0.1, 0.15) is 12.4 Å². The Morgan fingerprint density at radius 1 is 1.00 bits per heavy atom. The van der Waals surface area contributed by atoms with Gasteiger partial charge in [0, 0.05) is 6.54 Å². The van der Waals surface area contributed by atoms with Crippen LogP contribution in [0.5, 0.6) is 5.75 Å². The molecule has 0 saturated carbocycles. The van der Waals surface area contributed by atoms with E-state index in [0.717, 1.165) is 18.8 Å². The third-order valence-corrected chi connectivity index (χ3v) is 3.70. The number of nitrogens with one attached hydrogen (secondary N) is 1. The van der Waals surface area contributed by atoms with Gasteiger partial charge in [-0.15, -0.1) is 0 Å². The van der Waals surface area contributed by atoms with Crippen LogP contribution in [0.3, 0.4) is 0 Å². The molecule has 0 amide bonds. The van der Waals surface area contributed by atoms with Crippen molar-refractivity contribution in [2.45, 2.75) is 19.4 Å². The summed E-state index contributed by atoms with van der Waals surface area (Å²) in [5, 5.41) is 3.41. The van der Waals surface area contributed by atoms with E-state index in [4.69, 9.17) is 4.74 Å². The Labute approximate surface area is 126 Å². The second kappa shape index (κ2) is 7.09. The molecule has 0 radical (unpaired) electrons. The first kappa shape index (κ1) is 13.9. The van der Waals surface area contributed by atoms with Gasteiger partial charge in [-0.1, -0.05) is 54.1 Å². The second-order valence-electron chi connectivity index (χ2n) is 5.43. The van der Waals surface area contributed by atoms with E-state index in [9.17, 15) is 0 Å². The number of rotatable bonds is 4. The summed E-state index contributed by atoms with van der Waals surface area (Å²) in [5.41, 5.74) is 3.93. The molecule has 0 spiro atoms. The fourth-order valence-electron chi connectivity index (χ4n) is 2.54. The monoisotopic (exact) mass is 279 g/mol. The predicted molar refractivity (Wildman–Crippen MR) is 87.3 cm³/mol. The van der Waals surface area contributed by atoms with E-state index >= 15 is 0 Å². The Morgan fingerprint density at radius 3 is 2.52 bits per heavy atom. The van der Waals surface area contributed by atoms with E-state index in [-0.39, 0.29) is 0 Å². The molecule has 0 atom stereocenters.